The Morgan fingerprint density at radius 1 is 1.20 bits per heavy atom. The first-order chi connectivity index (χ1) is 12.0. The van der Waals surface area contributed by atoms with Crippen LogP contribution >= 0.6 is 0 Å². The Balaban J connectivity index is 1.78. The summed E-state index contributed by atoms with van der Waals surface area (Å²) in [6, 6.07) is 9.26. The van der Waals surface area contributed by atoms with Crippen molar-refractivity contribution < 1.29 is 9.53 Å². The van der Waals surface area contributed by atoms with E-state index < -0.39 is 5.91 Å². The number of ether oxygens (including phenoxy) is 1. The highest BCUT2D eigenvalue weighted by Crippen LogP contribution is 2.12. The molecule has 3 aromatic rings. The van der Waals surface area contributed by atoms with E-state index in [1.165, 1.54) is 4.52 Å². The number of nitrogens with one attached hydrogen (secondary N) is 1. The number of aromatic nitrogens is 4. The zero-order chi connectivity index (χ0) is 18.0. The van der Waals surface area contributed by atoms with Gasteiger partial charge >= 0.3 is 5.91 Å². The van der Waals surface area contributed by atoms with Gasteiger partial charge in [-0.25, -0.2) is 14.9 Å². The molecule has 0 fully saturated rings. The zero-order valence-electron chi connectivity index (χ0n) is 14.4. The van der Waals surface area contributed by atoms with Crippen molar-refractivity contribution in [3.63, 3.8) is 0 Å². The van der Waals surface area contributed by atoms with Gasteiger partial charge in [0.15, 0.2) is 0 Å². The fourth-order valence-corrected chi connectivity index (χ4v) is 2.34. The van der Waals surface area contributed by atoms with Crippen LogP contribution in [-0.2, 0) is 0 Å². The fourth-order valence-electron chi connectivity index (χ4n) is 2.34. The molecule has 0 radical (unpaired) electrons. The second kappa shape index (κ2) is 6.68. The summed E-state index contributed by atoms with van der Waals surface area (Å²) in [6.45, 7) is 5.54. The largest absolute Gasteiger partial charge is 0.497 e. The van der Waals surface area contributed by atoms with Crippen molar-refractivity contribution in [2.75, 3.05) is 7.11 Å². The van der Waals surface area contributed by atoms with E-state index in [2.05, 4.69) is 25.6 Å². The molecular weight excluding hydrogens is 320 g/mol. The Bertz CT molecular complexity index is 959. The summed E-state index contributed by atoms with van der Waals surface area (Å²) in [6.07, 6.45) is 0. The Morgan fingerprint density at radius 3 is 2.60 bits per heavy atom. The van der Waals surface area contributed by atoms with Gasteiger partial charge in [0.2, 0.25) is 5.82 Å². The summed E-state index contributed by atoms with van der Waals surface area (Å²) in [7, 11) is 1.61. The first-order valence-corrected chi connectivity index (χ1v) is 7.68. The molecule has 1 N–H and O–H groups in total. The molecule has 25 heavy (non-hydrogen) atoms. The number of hydrazone groups is 1. The highest BCUT2D eigenvalue weighted by atomic mass is 16.5. The predicted octanol–water partition coefficient (Wildman–Crippen LogP) is 1.90. The molecule has 0 aliphatic carbocycles. The number of rotatable bonds is 4. The predicted molar refractivity (Wildman–Crippen MR) is 92.9 cm³/mol. The van der Waals surface area contributed by atoms with Crippen LogP contribution in [0.5, 0.6) is 5.75 Å². The van der Waals surface area contributed by atoms with E-state index in [4.69, 9.17) is 4.74 Å². The van der Waals surface area contributed by atoms with Gasteiger partial charge in [-0.05, 0) is 56.7 Å². The van der Waals surface area contributed by atoms with Crippen LogP contribution in [0.4, 0.5) is 0 Å². The van der Waals surface area contributed by atoms with Crippen LogP contribution in [0.15, 0.2) is 35.4 Å². The van der Waals surface area contributed by atoms with Crippen LogP contribution < -0.4 is 10.2 Å². The van der Waals surface area contributed by atoms with E-state index in [1.54, 1.807) is 14.0 Å². The Hall–Kier alpha value is -3.29. The van der Waals surface area contributed by atoms with Crippen LogP contribution in [0.2, 0.25) is 0 Å². The third-order valence-electron chi connectivity index (χ3n) is 3.65. The molecule has 1 aromatic carbocycles. The highest BCUT2D eigenvalue weighted by Gasteiger charge is 2.14. The number of aryl methyl sites for hydroxylation is 2. The monoisotopic (exact) mass is 338 g/mol. The average Bonchev–Trinajstić information content (AvgIpc) is 3.04. The molecule has 0 bridgehead atoms. The minimum atomic E-state index is -0.490. The number of hydrogen-bond donors (Lipinski definition) is 1. The van der Waals surface area contributed by atoms with Gasteiger partial charge in [-0.1, -0.05) is 0 Å². The molecule has 0 saturated heterocycles. The van der Waals surface area contributed by atoms with Gasteiger partial charge in [0.1, 0.15) is 5.75 Å². The topological polar surface area (TPSA) is 93.8 Å². The lowest BCUT2D eigenvalue weighted by Crippen LogP contribution is -2.20. The number of fused-ring (bicyclic) bond motifs is 1. The van der Waals surface area contributed by atoms with Crippen molar-refractivity contribution >= 4 is 17.4 Å². The molecule has 8 nitrogen and oxygen atoms in total. The van der Waals surface area contributed by atoms with E-state index in [1.807, 2.05) is 44.2 Å². The minimum Gasteiger partial charge on any atom is -0.497 e. The molecule has 8 heteroatoms. The number of methoxy groups -OCH3 is 1. The molecule has 0 unspecified atom stereocenters. The lowest BCUT2D eigenvalue weighted by Gasteiger charge is -2.03. The quantitative estimate of drug-likeness (QED) is 0.579. The molecule has 128 valence electrons. The number of hydrogen-bond acceptors (Lipinski definition) is 6. The number of carbonyl (C=O) groups is 1. The number of amides is 1. The summed E-state index contributed by atoms with van der Waals surface area (Å²) in [4.78, 5) is 20.7. The maximum Gasteiger partial charge on any atom is 0.311 e. The maximum absolute atomic E-state index is 12.2. The van der Waals surface area contributed by atoms with Crippen molar-refractivity contribution in [1.82, 2.24) is 25.0 Å². The summed E-state index contributed by atoms with van der Waals surface area (Å²) < 4.78 is 6.65. The highest BCUT2D eigenvalue weighted by molar-refractivity contribution is 6.00. The third-order valence-corrected chi connectivity index (χ3v) is 3.65. The second-order valence-electron chi connectivity index (χ2n) is 5.55. The van der Waals surface area contributed by atoms with Gasteiger partial charge in [0.05, 0.1) is 12.8 Å². The fraction of sp³-hybridized carbons (Fsp3) is 0.235. The van der Waals surface area contributed by atoms with E-state index in [-0.39, 0.29) is 5.82 Å². The molecular formula is C17H18N6O2. The summed E-state index contributed by atoms with van der Waals surface area (Å²) in [5.41, 5.74) is 5.67. The van der Waals surface area contributed by atoms with Crippen LogP contribution in [-0.4, -0.2) is 38.3 Å². The minimum absolute atomic E-state index is 0.0208. The van der Waals surface area contributed by atoms with Crippen molar-refractivity contribution in [3.05, 3.63) is 53.1 Å². The Morgan fingerprint density at radius 2 is 1.92 bits per heavy atom. The van der Waals surface area contributed by atoms with Crippen molar-refractivity contribution in [3.8, 4) is 5.75 Å². The molecule has 0 spiro atoms. The second-order valence-corrected chi connectivity index (χ2v) is 5.55. The molecule has 0 saturated carbocycles. The number of nitrogens with zero attached hydrogens (tertiary/aromatic N) is 5. The first kappa shape index (κ1) is 16.6. The molecule has 2 aromatic heterocycles. The van der Waals surface area contributed by atoms with Crippen LogP contribution in [0.1, 0.15) is 34.5 Å². The summed E-state index contributed by atoms with van der Waals surface area (Å²) >= 11 is 0. The van der Waals surface area contributed by atoms with Gasteiger partial charge in [-0.3, -0.25) is 4.79 Å². The van der Waals surface area contributed by atoms with Gasteiger partial charge in [-0.15, -0.1) is 5.10 Å². The van der Waals surface area contributed by atoms with Gasteiger partial charge in [0.25, 0.3) is 5.78 Å². The lowest BCUT2D eigenvalue weighted by molar-refractivity contribution is 0.0944. The Labute approximate surface area is 144 Å². The van der Waals surface area contributed by atoms with E-state index >= 15 is 0 Å². The molecule has 0 aliphatic rings. The smallest absolute Gasteiger partial charge is 0.311 e. The molecule has 1 amide bonds. The van der Waals surface area contributed by atoms with Gasteiger partial charge in [0, 0.05) is 11.4 Å². The van der Waals surface area contributed by atoms with E-state index in [0.29, 0.717) is 11.5 Å². The first-order valence-electron chi connectivity index (χ1n) is 7.68. The summed E-state index contributed by atoms with van der Waals surface area (Å²) in [5, 5.41) is 8.27. The lowest BCUT2D eigenvalue weighted by atomic mass is 10.1. The van der Waals surface area contributed by atoms with Crippen molar-refractivity contribution in [2.45, 2.75) is 20.8 Å². The van der Waals surface area contributed by atoms with Crippen LogP contribution in [0, 0.1) is 13.8 Å². The van der Waals surface area contributed by atoms with Crippen molar-refractivity contribution in [1.29, 1.82) is 0 Å². The van der Waals surface area contributed by atoms with Crippen molar-refractivity contribution in [2.24, 2.45) is 5.10 Å². The zero-order valence-corrected chi connectivity index (χ0v) is 14.4. The SMILES string of the molecule is COc1ccc(/C(C)=N\NC(=O)c2nc3nc(C)cc(C)n3n2)cc1. The maximum atomic E-state index is 12.2. The standard InChI is InChI=1S/C17H18N6O2/c1-10-9-11(2)23-17(18-10)19-15(22-23)16(24)21-20-12(3)13-5-7-14(25-4)8-6-13/h5-9H,1-4H3,(H,21,24)/b20-12-. The molecule has 2 heterocycles. The average molecular weight is 338 g/mol. The molecule has 0 atom stereocenters. The van der Waals surface area contributed by atoms with Gasteiger partial charge < -0.3 is 4.74 Å². The normalized spacial score (nSPS) is 11.6. The Kier molecular flexibility index (Phi) is 4.42. The summed E-state index contributed by atoms with van der Waals surface area (Å²) in [5.74, 6) is 0.675. The number of carbonyl (C=O) groups excluding carboxylic acids is 1. The number of benzene rings is 1. The van der Waals surface area contributed by atoms with E-state index in [9.17, 15) is 4.79 Å². The van der Waals surface area contributed by atoms with E-state index in [0.717, 1.165) is 22.7 Å². The van der Waals surface area contributed by atoms with Crippen LogP contribution in [0.3, 0.4) is 0 Å². The molecule has 0 aliphatic heterocycles. The van der Waals surface area contributed by atoms with Gasteiger partial charge in [-0.2, -0.15) is 10.1 Å². The third kappa shape index (κ3) is 3.47. The van der Waals surface area contributed by atoms with Crippen LogP contribution in [0.25, 0.3) is 5.78 Å². The molecule has 3 rings (SSSR count).